The summed E-state index contributed by atoms with van der Waals surface area (Å²) in [5.41, 5.74) is 0. The second-order valence-electron chi connectivity index (χ2n) is 7.84. The Morgan fingerprint density at radius 2 is 1.47 bits per heavy atom. The second kappa shape index (κ2) is 14.9. The van der Waals surface area contributed by atoms with E-state index in [1.807, 2.05) is 60.7 Å². The lowest BCUT2D eigenvalue weighted by Crippen LogP contribution is -2.50. The minimum Gasteiger partial charge on any atom is -0.481 e. The average molecular weight is 480 g/mol. The highest BCUT2D eigenvalue weighted by Crippen LogP contribution is 2.25. The van der Waals surface area contributed by atoms with Crippen LogP contribution in [0.5, 0.6) is 0 Å². The number of ether oxygens (including phenoxy) is 1. The number of hydrogen-bond acceptors (Lipinski definition) is 3. The van der Waals surface area contributed by atoms with E-state index in [9.17, 15) is 9.59 Å². The van der Waals surface area contributed by atoms with Gasteiger partial charge in [0.25, 0.3) is 5.91 Å². The monoisotopic (exact) mass is 479 g/mol. The van der Waals surface area contributed by atoms with Gasteiger partial charge in [0.1, 0.15) is 6.10 Å². The number of carbonyl (C=O) groups is 2. The lowest BCUT2D eigenvalue weighted by Gasteiger charge is -2.35. The standard InChI is InChI=1S/C13H21NO4.2C6H5Cl/c15-12(16)8-11-13(17)14(6-7-18-11)9-10-4-2-1-3-5-10;2*7-6-4-2-1-3-5-6/h10-11H,1-9H2,(H,15,16);2*1-5H/t11-;;/m1../s1. The predicted molar refractivity (Wildman–Crippen MR) is 128 cm³/mol. The molecule has 2 aliphatic rings. The van der Waals surface area contributed by atoms with Gasteiger partial charge in [-0.05, 0) is 43.0 Å². The Hall–Kier alpha value is -2.08. The summed E-state index contributed by atoms with van der Waals surface area (Å²) in [6, 6.07) is 18.9. The third-order valence-electron chi connectivity index (χ3n) is 5.30. The number of carbonyl (C=O) groups excluding carboxylic acids is 1. The van der Waals surface area contributed by atoms with Gasteiger partial charge in [0, 0.05) is 23.1 Å². The fraction of sp³-hybridized carbons (Fsp3) is 0.440. The van der Waals surface area contributed by atoms with Crippen LogP contribution in [0.4, 0.5) is 0 Å². The molecule has 1 atom stereocenters. The maximum absolute atomic E-state index is 12.1. The fourth-order valence-electron chi connectivity index (χ4n) is 3.69. The summed E-state index contributed by atoms with van der Waals surface area (Å²) in [5, 5.41) is 10.3. The van der Waals surface area contributed by atoms with Crippen molar-refractivity contribution in [2.45, 2.75) is 44.6 Å². The quantitative estimate of drug-likeness (QED) is 0.588. The Balaban J connectivity index is 0.000000211. The first-order valence-corrected chi connectivity index (χ1v) is 11.7. The Morgan fingerprint density at radius 1 is 0.938 bits per heavy atom. The Bertz CT molecular complexity index is 761. The minimum atomic E-state index is -0.979. The van der Waals surface area contributed by atoms with E-state index in [0.29, 0.717) is 19.1 Å². The zero-order valence-corrected chi connectivity index (χ0v) is 19.7. The number of morpholine rings is 1. The van der Waals surface area contributed by atoms with Crippen molar-refractivity contribution < 1.29 is 19.4 Å². The van der Waals surface area contributed by atoms with Crippen molar-refractivity contribution >= 4 is 35.1 Å². The van der Waals surface area contributed by atoms with Crippen molar-refractivity contribution in [2.24, 2.45) is 5.92 Å². The van der Waals surface area contributed by atoms with Gasteiger partial charge in [-0.3, -0.25) is 9.59 Å². The lowest BCUT2D eigenvalue weighted by atomic mass is 9.88. The first kappa shape index (κ1) is 26.2. The average Bonchev–Trinajstić information content (AvgIpc) is 2.79. The van der Waals surface area contributed by atoms with E-state index in [0.717, 1.165) is 16.6 Å². The molecule has 1 saturated heterocycles. The fourth-order valence-corrected chi connectivity index (χ4v) is 3.98. The van der Waals surface area contributed by atoms with Gasteiger partial charge < -0.3 is 14.7 Å². The Kier molecular flexibility index (Phi) is 12.2. The highest BCUT2D eigenvalue weighted by Gasteiger charge is 2.32. The third kappa shape index (κ3) is 10.5. The molecule has 4 rings (SSSR count). The number of carboxylic acids is 1. The van der Waals surface area contributed by atoms with E-state index in [4.69, 9.17) is 33.0 Å². The van der Waals surface area contributed by atoms with Crippen LogP contribution in [0.15, 0.2) is 60.7 Å². The van der Waals surface area contributed by atoms with Gasteiger partial charge in [0.05, 0.1) is 13.0 Å². The highest BCUT2D eigenvalue weighted by molar-refractivity contribution is 6.30. The highest BCUT2D eigenvalue weighted by atomic mass is 35.5. The van der Waals surface area contributed by atoms with E-state index in [1.165, 1.54) is 32.1 Å². The zero-order valence-electron chi connectivity index (χ0n) is 18.2. The molecular formula is C25H31Cl2NO4. The summed E-state index contributed by atoms with van der Waals surface area (Å²) in [6.07, 6.45) is 5.18. The molecule has 2 aromatic rings. The van der Waals surface area contributed by atoms with Gasteiger partial charge in [0.2, 0.25) is 0 Å². The smallest absolute Gasteiger partial charge is 0.306 e. The number of nitrogens with zero attached hydrogens (tertiary/aromatic N) is 1. The van der Waals surface area contributed by atoms with Crippen molar-refractivity contribution in [3.8, 4) is 0 Å². The number of aliphatic carboxylic acids is 1. The molecule has 0 spiro atoms. The number of hydrogen-bond donors (Lipinski definition) is 1. The third-order valence-corrected chi connectivity index (χ3v) is 5.80. The molecule has 174 valence electrons. The number of rotatable bonds is 4. The van der Waals surface area contributed by atoms with Crippen molar-refractivity contribution in [1.29, 1.82) is 0 Å². The normalized spacial score (nSPS) is 18.6. The molecule has 1 aliphatic heterocycles. The van der Waals surface area contributed by atoms with Crippen molar-refractivity contribution in [3.63, 3.8) is 0 Å². The van der Waals surface area contributed by atoms with Crippen LogP contribution in [-0.4, -0.2) is 47.7 Å². The molecule has 0 unspecified atom stereocenters. The first-order chi connectivity index (χ1) is 15.5. The van der Waals surface area contributed by atoms with Crippen LogP contribution in [0.1, 0.15) is 38.5 Å². The van der Waals surface area contributed by atoms with Crippen LogP contribution in [-0.2, 0) is 14.3 Å². The molecule has 0 bridgehead atoms. The van der Waals surface area contributed by atoms with E-state index in [-0.39, 0.29) is 12.3 Å². The molecule has 32 heavy (non-hydrogen) atoms. The van der Waals surface area contributed by atoms with Crippen LogP contribution >= 0.6 is 23.2 Å². The van der Waals surface area contributed by atoms with Gasteiger partial charge in [0.15, 0.2) is 0 Å². The van der Waals surface area contributed by atoms with Crippen LogP contribution in [0, 0.1) is 5.92 Å². The van der Waals surface area contributed by atoms with E-state index < -0.39 is 12.1 Å². The van der Waals surface area contributed by atoms with Crippen molar-refractivity contribution in [3.05, 3.63) is 70.7 Å². The summed E-state index contributed by atoms with van der Waals surface area (Å²) in [5.74, 6) is -0.534. The van der Waals surface area contributed by atoms with Crippen molar-refractivity contribution in [2.75, 3.05) is 19.7 Å². The van der Waals surface area contributed by atoms with E-state index >= 15 is 0 Å². The van der Waals surface area contributed by atoms with Gasteiger partial charge in [-0.2, -0.15) is 0 Å². The molecule has 0 radical (unpaired) electrons. The molecular weight excluding hydrogens is 449 g/mol. The van der Waals surface area contributed by atoms with Gasteiger partial charge >= 0.3 is 5.97 Å². The zero-order chi connectivity index (χ0) is 23.2. The Morgan fingerprint density at radius 3 is 1.91 bits per heavy atom. The van der Waals surface area contributed by atoms with Crippen LogP contribution in [0.25, 0.3) is 0 Å². The second-order valence-corrected chi connectivity index (χ2v) is 8.71. The molecule has 5 nitrogen and oxygen atoms in total. The minimum absolute atomic E-state index is 0.144. The van der Waals surface area contributed by atoms with E-state index in [1.54, 1.807) is 4.90 Å². The molecule has 7 heteroatoms. The summed E-state index contributed by atoms with van der Waals surface area (Å²) >= 11 is 11.1. The molecule has 1 saturated carbocycles. The largest absolute Gasteiger partial charge is 0.481 e. The molecule has 1 aliphatic carbocycles. The van der Waals surface area contributed by atoms with Gasteiger partial charge in [-0.15, -0.1) is 0 Å². The SMILES string of the molecule is Clc1ccccc1.Clc1ccccc1.O=C(O)C[C@H]1OCCN(CC2CCCCC2)C1=O. The molecule has 2 aromatic carbocycles. The maximum atomic E-state index is 12.1. The number of carboxylic acid groups (broad SMARTS) is 1. The predicted octanol–water partition coefficient (Wildman–Crippen LogP) is 5.95. The van der Waals surface area contributed by atoms with Crippen LogP contribution < -0.4 is 0 Å². The summed E-state index contributed by atoms with van der Waals surface area (Å²) in [7, 11) is 0. The van der Waals surface area contributed by atoms with Gasteiger partial charge in [-0.25, -0.2) is 0 Å². The first-order valence-electron chi connectivity index (χ1n) is 11.0. The Labute approximate surface area is 200 Å². The summed E-state index contributed by atoms with van der Waals surface area (Å²) in [6.45, 7) is 1.83. The summed E-state index contributed by atoms with van der Waals surface area (Å²) < 4.78 is 5.25. The molecule has 1 amide bonds. The lowest BCUT2D eigenvalue weighted by molar-refractivity contribution is -0.160. The van der Waals surface area contributed by atoms with Gasteiger partial charge in [-0.1, -0.05) is 78.9 Å². The molecule has 0 aromatic heterocycles. The summed E-state index contributed by atoms with van der Waals surface area (Å²) in [4.78, 5) is 24.5. The molecule has 1 heterocycles. The molecule has 1 N–H and O–H groups in total. The van der Waals surface area contributed by atoms with Crippen molar-refractivity contribution in [1.82, 2.24) is 4.90 Å². The topological polar surface area (TPSA) is 66.8 Å². The number of amides is 1. The maximum Gasteiger partial charge on any atom is 0.306 e. The van der Waals surface area contributed by atoms with Crippen LogP contribution in [0.2, 0.25) is 10.0 Å². The number of halogens is 2. The number of benzene rings is 2. The molecule has 2 fully saturated rings. The van der Waals surface area contributed by atoms with Crippen LogP contribution in [0.3, 0.4) is 0 Å². The van der Waals surface area contributed by atoms with E-state index in [2.05, 4.69) is 0 Å².